The van der Waals surface area contributed by atoms with Crippen LogP contribution >= 0.6 is 0 Å². The second kappa shape index (κ2) is 2.92. The molecule has 1 atom stereocenters. The highest BCUT2D eigenvalue weighted by molar-refractivity contribution is 5.62. The average Bonchev–Trinajstić information content (AvgIpc) is 2.12. The van der Waals surface area contributed by atoms with Crippen molar-refractivity contribution in [1.82, 2.24) is 0 Å². The molecule has 2 rings (SSSR count). The third kappa shape index (κ3) is 1.25. The van der Waals surface area contributed by atoms with Crippen molar-refractivity contribution in [2.45, 2.75) is 19.4 Å². The highest BCUT2D eigenvalue weighted by Gasteiger charge is 2.20. The molecule has 0 aliphatic carbocycles. The molecule has 0 radical (unpaired) electrons. The van der Waals surface area contributed by atoms with Gasteiger partial charge in [-0.15, -0.1) is 0 Å². The highest BCUT2D eigenvalue weighted by Crippen LogP contribution is 2.36. The minimum Gasteiger partial charge on any atom is -0.491 e. The zero-order valence-corrected chi connectivity index (χ0v) is 7.71. The van der Waals surface area contributed by atoms with Gasteiger partial charge in [0.1, 0.15) is 5.75 Å². The zero-order chi connectivity index (χ0) is 9.42. The van der Waals surface area contributed by atoms with E-state index in [9.17, 15) is 0 Å². The summed E-state index contributed by atoms with van der Waals surface area (Å²) in [6.07, 6.45) is 0.871. The molecule has 0 saturated heterocycles. The lowest BCUT2D eigenvalue weighted by atomic mass is 9.98. The van der Waals surface area contributed by atoms with Crippen LogP contribution in [0.15, 0.2) is 12.1 Å². The average molecular weight is 178 g/mol. The lowest BCUT2D eigenvalue weighted by Crippen LogP contribution is -2.21. The maximum atomic E-state index is 5.93. The summed E-state index contributed by atoms with van der Waals surface area (Å²) in [6.45, 7) is 2.64. The number of ether oxygens (including phenoxy) is 1. The van der Waals surface area contributed by atoms with Gasteiger partial charge in [0.15, 0.2) is 0 Å². The second-order valence-corrected chi connectivity index (χ2v) is 3.46. The Morgan fingerprint density at radius 1 is 1.46 bits per heavy atom. The number of nitrogens with two attached hydrogens (primary N) is 2. The van der Waals surface area contributed by atoms with Crippen LogP contribution in [0.1, 0.15) is 23.6 Å². The van der Waals surface area contributed by atoms with Crippen LogP contribution in [0.4, 0.5) is 5.69 Å². The smallest absolute Gasteiger partial charge is 0.147 e. The number of hydrogen-bond donors (Lipinski definition) is 2. The Bertz CT molecular complexity index is 336. The van der Waals surface area contributed by atoms with Gasteiger partial charge in [-0.2, -0.15) is 0 Å². The van der Waals surface area contributed by atoms with Crippen molar-refractivity contribution >= 4 is 5.69 Å². The normalized spacial score (nSPS) is 20.6. The molecule has 1 aromatic rings. The van der Waals surface area contributed by atoms with Crippen LogP contribution in [-0.4, -0.2) is 6.61 Å². The van der Waals surface area contributed by atoms with Crippen LogP contribution in [-0.2, 0) is 0 Å². The fraction of sp³-hybridized carbons (Fsp3) is 0.400. The Morgan fingerprint density at radius 2 is 2.23 bits per heavy atom. The Kier molecular flexibility index (Phi) is 1.88. The van der Waals surface area contributed by atoms with E-state index >= 15 is 0 Å². The van der Waals surface area contributed by atoms with Crippen LogP contribution in [0, 0.1) is 6.92 Å². The lowest BCUT2D eigenvalue weighted by molar-refractivity contribution is 0.270. The third-order valence-corrected chi connectivity index (χ3v) is 2.52. The van der Waals surface area contributed by atoms with Gasteiger partial charge in [-0.1, -0.05) is 12.1 Å². The molecule has 3 heteroatoms. The van der Waals surface area contributed by atoms with Crippen LogP contribution in [0.25, 0.3) is 0 Å². The fourth-order valence-electron chi connectivity index (χ4n) is 1.61. The molecule has 0 amide bonds. The van der Waals surface area contributed by atoms with Crippen molar-refractivity contribution in [1.29, 1.82) is 0 Å². The molecule has 0 fully saturated rings. The Labute approximate surface area is 77.7 Å². The molecule has 1 aliphatic rings. The van der Waals surface area contributed by atoms with Gasteiger partial charge in [0.05, 0.1) is 12.3 Å². The number of benzene rings is 1. The fourth-order valence-corrected chi connectivity index (χ4v) is 1.61. The SMILES string of the molecule is Cc1ccc2c(c1N)OCCC2N. The summed E-state index contributed by atoms with van der Waals surface area (Å²) in [5.41, 5.74) is 14.6. The Hall–Kier alpha value is -1.22. The van der Waals surface area contributed by atoms with Crippen LogP contribution < -0.4 is 16.2 Å². The zero-order valence-electron chi connectivity index (χ0n) is 7.71. The molecule has 4 N–H and O–H groups in total. The molecular formula is C10H14N2O. The maximum Gasteiger partial charge on any atom is 0.147 e. The quantitative estimate of drug-likeness (QED) is 0.590. The van der Waals surface area contributed by atoms with Crippen molar-refractivity contribution in [3.05, 3.63) is 23.3 Å². The van der Waals surface area contributed by atoms with Crippen LogP contribution in [0.3, 0.4) is 0 Å². The first-order valence-corrected chi connectivity index (χ1v) is 4.47. The van der Waals surface area contributed by atoms with Gasteiger partial charge in [0.25, 0.3) is 0 Å². The first-order chi connectivity index (χ1) is 6.20. The van der Waals surface area contributed by atoms with E-state index in [4.69, 9.17) is 16.2 Å². The van der Waals surface area contributed by atoms with Gasteiger partial charge in [0, 0.05) is 18.0 Å². The van der Waals surface area contributed by atoms with Crippen molar-refractivity contribution in [2.24, 2.45) is 5.73 Å². The standard InChI is InChI=1S/C10H14N2O/c1-6-2-3-7-8(11)4-5-13-10(7)9(6)12/h2-3,8H,4-5,11-12H2,1H3. The minimum absolute atomic E-state index is 0.0756. The summed E-state index contributed by atoms with van der Waals surface area (Å²) < 4.78 is 5.50. The molecule has 0 aromatic heterocycles. The van der Waals surface area contributed by atoms with Gasteiger partial charge in [0.2, 0.25) is 0 Å². The molecule has 3 nitrogen and oxygen atoms in total. The number of anilines is 1. The Balaban J connectivity index is 2.56. The minimum atomic E-state index is 0.0756. The summed E-state index contributed by atoms with van der Waals surface area (Å²) in [4.78, 5) is 0. The Morgan fingerprint density at radius 3 is 3.00 bits per heavy atom. The second-order valence-electron chi connectivity index (χ2n) is 3.46. The van der Waals surface area contributed by atoms with Gasteiger partial charge < -0.3 is 16.2 Å². The third-order valence-electron chi connectivity index (χ3n) is 2.52. The largest absolute Gasteiger partial charge is 0.491 e. The molecule has 1 heterocycles. The lowest BCUT2D eigenvalue weighted by Gasteiger charge is -2.24. The predicted molar refractivity (Wildman–Crippen MR) is 52.6 cm³/mol. The molecule has 1 aromatic carbocycles. The first kappa shape index (κ1) is 8.38. The number of aryl methyl sites for hydroxylation is 1. The van der Waals surface area contributed by atoms with E-state index in [0.717, 1.165) is 29.0 Å². The van der Waals surface area contributed by atoms with E-state index in [1.54, 1.807) is 0 Å². The molecule has 70 valence electrons. The molecule has 1 unspecified atom stereocenters. The summed E-state index contributed by atoms with van der Waals surface area (Å²) in [6, 6.07) is 4.07. The highest BCUT2D eigenvalue weighted by atomic mass is 16.5. The monoisotopic (exact) mass is 178 g/mol. The number of fused-ring (bicyclic) bond motifs is 1. The predicted octanol–water partition coefficient (Wildman–Crippen LogP) is 1.36. The first-order valence-electron chi connectivity index (χ1n) is 4.47. The summed E-state index contributed by atoms with van der Waals surface area (Å²) in [7, 11) is 0. The topological polar surface area (TPSA) is 61.3 Å². The number of hydrogen-bond acceptors (Lipinski definition) is 3. The summed E-state index contributed by atoms with van der Waals surface area (Å²) in [5, 5.41) is 0. The van der Waals surface area contributed by atoms with Gasteiger partial charge in [-0.05, 0) is 12.5 Å². The maximum absolute atomic E-state index is 5.93. The molecule has 0 spiro atoms. The van der Waals surface area contributed by atoms with Crippen LogP contribution in [0.5, 0.6) is 5.75 Å². The van der Waals surface area contributed by atoms with E-state index in [0.29, 0.717) is 6.61 Å². The molecular weight excluding hydrogens is 164 g/mol. The van der Waals surface area contributed by atoms with E-state index < -0.39 is 0 Å². The summed E-state index contributed by atoms with van der Waals surface area (Å²) in [5.74, 6) is 0.791. The number of rotatable bonds is 0. The van der Waals surface area contributed by atoms with E-state index in [2.05, 4.69) is 0 Å². The van der Waals surface area contributed by atoms with Crippen molar-refractivity contribution in [2.75, 3.05) is 12.3 Å². The van der Waals surface area contributed by atoms with E-state index in [1.165, 1.54) is 0 Å². The molecule has 1 aliphatic heterocycles. The molecule has 0 bridgehead atoms. The van der Waals surface area contributed by atoms with E-state index in [-0.39, 0.29) is 6.04 Å². The van der Waals surface area contributed by atoms with Crippen molar-refractivity contribution in [3.63, 3.8) is 0 Å². The van der Waals surface area contributed by atoms with Crippen molar-refractivity contribution < 1.29 is 4.74 Å². The molecule has 13 heavy (non-hydrogen) atoms. The van der Waals surface area contributed by atoms with Gasteiger partial charge in [-0.25, -0.2) is 0 Å². The van der Waals surface area contributed by atoms with Gasteiger partial charge in [-0.3, -0.25) is 0 Å². The molecule has 0 saturated carbocycles. The van der Waals surface area contributed by atoms with E-state index in [1.807, 2.05) is 19.1 Å². The number of nitrogen functional groups attached to an aromatic ring is 1. The van der Waals surface area contributed by atoms with Crippen molar-refractivity contribution in [3.8, 4) is 5.75 Å². The van der Waals surface area contributed by atoms with Gasteiger partial charge >= 0.3 is 0 Å². The summed E-state index contributed by atoms with van der Waals surface area (Å²) >= 11 is 0. The van der Waals surface area contributed by atoms with Crippen LogP contribution in [0.2, 0.25) is 0 Å².